The zero-order valence-corrected chi connectivity index (χ0v) is 19.0. The minimum absolute atomic E-state index is 0.188. The van der Waals surface area contributed by atoms with E-state index in [1.165, 1.54) is 30.4 Å². The number of nitrogens with one attached hydrogen (secondary N) is 1. The predicted molar refractivity (Wildman–Crippen MR) is 120 cm³/mol. The summed E-state index contributed by atoms with van der Waals surface area (Å²) in [7, 11) is 0. The molecule has 4 fully saturated rings. The van der Waals surface area contributed by atoms with Crippen LogP contribution >= 0.6 is 0 Å². The van der Waals surface area contributed by atoms with Gasteiger partial charge in [0.2, 0.25) is 11.8 Å². The van der Waals surface area contributed by atoms with Crippen molar-refractivity contribution in [3.05, 3.63) is 35.4 Å². The highest BCUT2D eigenvalue weighted by Crippen LogP contribution is 2.65. The van der Waals surface area contributed by atoms with Gasteiger partial charge in [-0.2, -0.15) is 0 Å². The van der Waals surface area contributed by atoms with Gasteiger partial charge in [-0.05, 0) is 88.5 Å². The number of amides is 2. The minimum atomic E-state index is -0.197. The Hall–Kier alpha value is -1.84. The molecular weight excluding hydrogens is 372 g/mol. The van der Waals surface area contributed by atoms with Gasteiger partial charge in [0, 0.05) is 26.1 Å². The Morgan fingerprint density at radius 2 is 1.67 bits per heavy atom. The number of carbonyl (C=O) groups excluding carboxylic acids is 2. The zero-order chi connectivity index (χ0) is 21.4. The quantitative estimate of drug-likeness (QED) is 0.637. The molecule has 2 unspecified atom stereocenters. The molecule has 4 aliphatic carbocycles. The Labute approximate surface area is 181 Å². The van der Waals surface area contributed by atoms with Gasteiger partial charge in [0.05, 0.1) is 5.41 Å². The van der Waals surface area contributed by atoms with Crippen LogP contribution in [0.5, 0.6) is 0 Å². The smallest absolute Gasteiger partial charge is 0.226 e. The summed E-state index contributed by atoms with van der Waals surface area (Å²) in [5.74, 6) is 1.82. The summed E-state index contributed by atoms with van der Waals surface area (Å²) in [6.07, 6.45) is 8.17. The molecule has 0 radical (unpaired) electrons. The van der Waals surface area contributed by atoms with E-state index in [2.05, 4.69) is 36.5 Å². The molecule has 0 spiro atoms. The molecule has 0 heterocycles. The lowest BCUT2D eigenvalue weighted by Crippen LogP contribution is -2.59. The Morgan fingerprint density at radius 3 is 2.27 bits per heavy atom. The number of hydrogen-bond donors (Lipinski definition) is 1. The second-order valence-corrected chi connectivity index (χ2v) is 10.3. The molecule has 4 heteroatoms. The third kappa shape index (κ3) is 3.90. The molecule has 0 aliphatic heterocycles. The van der Waals surface area contributed by atoms with Crippen LogP contribution in [0, 0.1) is 24.2 Å². The van der Waals surface area contributed by atoms with Gasteiger partial charge < -0.3 is 10.2 Å². The second-order valence-electron chi connectivity index (χ2n) is 10.3. The first-order chi connectivity index (χ1) is 14.4. The fourth-order valence-corrected chi connectivity index (χ4v) is 7.14. The molecule has 4 nitrogen and oxygen atoms in total. The van der Waals surface area contributed by atoms with Gasteiger partial charge in [0.15, 0.2) is 0 Å². The van der Waals surface area contributed by atoms with E-state index in [4.69, 9.17) is 0 Å². The van der Waals surface area contributed by atoms with Gasteiger partial charge in [-0.1, -0.05) is 29.8 Å². The molecule has 5 rings (SSSR count). The minimum Gasteiger partial charge on any atom is -0.356 e. The SMILES string of the molecule is CCN(CC)C(=O)CCCNC(=O)C12CC3CC(C1)CC(c1ccc(C)cc1)(C3)C2. The van der Waals surface area contributed by atoms with Gasteiger partial charge in [-0.3, -0.25) is 9.59 Å². The van der Waals surface area contributed by atoms with E-state index in [1.807, 2.05) is 18.7 Å². The van der Waals surface area contributed by atoms with Gasteiger partial charge >= 0.3 is 0 Å². The summed E-state index contributed by atoms with van der Waals surface area (Å²) < 4.78 is 0. The molecule has 1 N–H and O–H groups in total. The lowest BCUT2D eigenvalue weighted by atomic mass is 9.42. The van der Waals surface area contributed by atoms with E-state index in [0.717, 1.165) is 38.8 Å². The molecule has 4 saturated carbocycles. The summed E-state index contributed by atoms with van der Waals surface area (Å²) in [5.41, 5.74) is 2.74. The van der Waals surface area contributed by atoms with E-state index in [9.17, 15) is 9.59 Å². The van der Waals surface area contributed by atoms with Crippen molar-refractivity contribution in [1.29, 1.82) is 0 Å². The van der Waals surface area contributed by atoms with E-state index in [-0.39, 0.29) is 22.6 Å². The number of aryl methyl sites for hydroxylation is 1. The Morgan fingerprint density at radius 1 is 1.03 bits per heavy atom. The van der Waals surface area contributed by atoms with Crippen molar-refractivity contribution in [2.24, 2.45) is 17.3 Å². The van der Waals surface area contributed by atoms with Crippen LogP contribution in [-0.2, 0) is 15.0 Å². The second kappa shape index (κ2) is 8.36. The van der Waals surface area contributed by atoms with Crippen molar-refractivity contribution in [2.45, 2.75) is 77.6 Å². The van der Waals surface area contributed by atoms with E-state index >= 15 is 0 Å². The normalized spacial score (nSPS) is 31.6. The molecule has 164 valence electrons. The lowest BCUT2D eigenvalue weighted by molar-refractivity contribution is -0.149. The van der Waals surface area contributed by atoms with Crippen LogP contribution in [0.25, 0.3) is 0 Å². The highest BCUT2D eigenvalue weighted by Gasteiger charge is 2.60. The summed E-state index contributed by atoms with van der Waals surface area (Å²) in [5, 5.41) is 3.24. The number of nitrogens with zero attached hydrogens (tertiary/aromatic N) is 1. The van der Waals surface area contributed by atoms with Crippen LogP contribution in [0.15, 0.2) is 24.3 Å². The van der Waals surface area contributed by atoms with E-state index in [1.54, 1.807) is 0 Å². The third-order valence-corrected chi connectivity index (χ3v) is 8.18. The third-order valence-electron chi connectivity index (χ3n) is 8.18. The molecule has 4 aliphatic rings. The molecule has 4 bridgehead atoms. The van der Waals surface area contributed by atoms with Gasteiger partial charge in [0.1, 0.15) is 0 Å². The van der Waals surface area contributed by atoms with Crippen molar-refractivity contribution in [3.63, 3.8) is 0 Å². The molecular formula is C26H38N2O2. The molecule has 1 aromatic carbocycles. The summed E-state index contributed by atoms with van der Waals surface area (Å²) >= 11 is 0. The largest absolute Gasteiger partial charge is 0.356 e. The molecule has 0 aromatic heterocycles. The van der Waals surface area contributed by atoms with Crippen molar-refractivity contribution in [1.82, 2.24) is 10.2 Å². The van der Waals surface area contributed by atoms with Crippen LogP contribution in [0.2, 0.25) is 0 Å². The molecule has 1 aromatic rings. The Balaban J connectivity index is 1.41. The van der Waals surface area contributed by atoms with Crippen LogP contribution in [0.3, 0.4) is 0 Å². The standard InChI is InChI=1S/C26H38N2O2/c1-4-28(5-2)23(29)7-6-12-27-24(30)26-16-20-13-21(17-26)15-25(14-20,18-26)22-10-8-19(3)9-11-22/h8-11,20-21H,4-7,12-18H2,1-3H3,(H,27,30). The van der Waals surface area contributed by atoms with Crippen LogP contribution < -0.4 is 5.32 Å². The number of benzene rings is 1. The maximum absolute atomic E-state index is 13.4. The summed E-state index contributed by atoms with van der Waals surface area (Å²) in [6.45, 7) is 8.30. The summed E-state index contributed by atoms with van der Waals surface area (Å²) in [4.78, 5) is 27.5. The maximum atomic E-state index is 13.4. The predicted octanol–water partition coefficient (Wildman–Crippen LogP) is 4.60. The van der Waals surface area contributed by atoms with Crippen molar-refractivity contribution in [2.75, 3.05) is 19.6 Å². The van der Waals surface area contributed by atoms with Crippen molar-refractivity contribution in [3.8, 4) is 0 Å². The number of carbonyl (C=O) groups is 2. The monoisotopic (exact) mass is 410 g/mol. The average Bonchev–Trinajstić information content (AvgIpc) is 2.71. The van der Waals surface area contributed by atoms with Crippen LogP contribution in [-0.4, -0.2) is 36.3 Å². The number of hydrogen-bond acceptors (Lipinski definition) is 2. The fourth-order valence-electron chi connectivity index (χ4n) is 7.14. The molecule has 30 heavy (non-hydrogen) atoms. The average molecular weight is 411 g/mol. The van der Waals surface area contributed by atoms with E-state index < -0.39 is 0 Å². The van der Waals surface area contributed by atoms with Gasteiger partial charge in [0.25, 0.3) is 0 Å². The summed E-state index contributed by atoms with van der Waals surface area (Å²) in [6, 6.07) is 9.08. The highest BCUT2D eigenvalue weighted by atomic mass is 16.2. The molecule has 0 saturated heterocycles. The van der Waals surface area contributed by atoms with Gasteiger partial charge in [-0.25, -0.2) is 0 Å². The van der Waals surface area contributed by atoms with Crippen LogP contribution in [0.4, 0.5) is 0 Å². The first-order valence-corrected chi connectivity index (χ1v) is 12.0. The van der Waals surface area contributed by atoms with Gasteiger partial charge in [-0.15, -0.1) is 0 Å². The topological polar surface area (TPSA) is 49.4 Å². The first-order valence-electron chi connectivity index (χ1n) is 12.0. The molecule has 2 amide bonds. The molecule has 2 atom stereocenters. The Kier molecular flexibility index (Phi) is 5.96. The zero-order valence-electron chi connectivity index (χ0n) is 19.0. The Bertz CT molecular complexity index is 767. The maximum Gasteiger partial charge on any atom is 0.226 e. The van der Waals surface area contributed by atoms with Crippen LogP contribution in [0.1, 0.15) is 76.3 Å². The van der Waals surface area contributed by atoms with Crippen molar-refractivity contribution >= 4 is 11.8 Å². The fraction of sp³-hybridized carbons (Fsp3) is 0.692. The number of rotatable bonds is 8. The first kappa shape index (κ1) is 21.4. The lowest BCUT2D eigenvalue weighted by Gasteiger charge is -2.61. The van der Waals surface area contributed by atoms with Crippen molar-refractivity contribution < 1.29 is 9.59 Å². The highest BCUT2D eigenvalue weighted by molar-refractivity contribution is 5.83. The van der Waals surface area contributed by atoms with E-state index in [0.29, 0.717) is 24.8 Å².